The molecule has 0 aliphatic carbocycles. The molecule has 2 heterocycles. The first-order valence-corrected chi connectivity index (χ1v) is 10.4. The third kappa shape index (κ3) is 7.31. The molecule has 4 rings (SSSR count). The van der Waals surface area contributed by atoms with Crippen molar-refractivity contribution in [3.05, 3.63) is 65.3 Å². The van der Waals surface area contributed by atoms with Crippen molar-refractivity contribution in [3.63, 3.8) is 0 Å². The van der Waals surface area contributed by atoms with Gasteiger partial charge in [0.15, 0.2) is 5.82 Å². The smallest absolute Gasteiger partial charge is 0.385 e. The van der Waals surface area contributed by atoms with Gasteiger partial charge in [-0.05, 0) is 42.3 Å². The molecule has 7 nitrogen and oxygen atoms in total. The Kier molecular flexibility index (Phi) is 8.03. The largest absolute Gasteiger partial charge is 0.458 e. The number of hydrogen-bond acceptors (Lipinski definition) is 7. The topological polar surface area (TPSA) is 96.0 Å². The molecule has 6 bridgehead atoms. The molecule has 0 atom stereocenters. The molecule has 3 aromatic rings. The lowest BCUT2D eigenvalue weighted by atomic mass is 10.1. The molecule has 1 aliphatic heterocycles. The zero-order valence-corrected chi connectivity index (χ0v) is 18.7. The van der Waals surface area contributed by atoms with E-state index in [9.17, 15) is 35.9 Å². The Balaban J connectivity index is 0.000000257. The summed E-state index contributed by atoms with van der Waals surface area (Å²) in [5.41, 5.74) is 4.17. The molecule has 0 radical (unpaired) electrons. The van der Waals surface area contributed by atoms with Gasteiger partial charge in [-0.3, -0.25) is 9.59 Å². The molecule has 36 heavy (non-hydrogen) atoms. The zero-order valence-electron chi connectivity index (χ0n) is 18.0. The number of rotatable bonds is 1. The van der Waals surface area contributed by atoms with E-state index in [4.69, 9.17) is 11.6 Å². The standard InChI is InChI=1S/C18H16ClN5.C4F6O2/c19-16-11-21-18-23-14-5-1-3-12(9-14)7-8-20-13-4-2-6-15(10-13)22-17(16)24-18;5-3(6,7)1(11)2(12)4(8,9)10/h1-6,9-11,20H,7-8H2,(H2,21,22,23,24);. The number of ketones is 2. The fraction of sp³-hybridized carbons (Fsp3) is 0.182. The lowest BCUT2D eigenvalue weighted by Gasteiger charge is -2.14. The Hall–Kier alpha value is -3.87. The molecule has 0 unspecified atom stereocenters. The summed E-state index contributed by atoms with van der Waals surface area (Å²) in [6.07, 6.45) is -9.02. The van der Waals surface area contributed by atoms with E-state index in [1.807, 2.05) is 36.4 Å². The lowest BCUT2D eigenvalue weighted by molar-refractivity contribution is -0.193. The predicted octanol–water partition coefficient (Wildman–Crippen LogP) is 5.83. The molecule has 3 N–H and O–H groups in total. The van der Waals surface area contributed by atoms with Crippen molar-refractivity contribution in [2.45, 2.75) is 18.8 Å². The van der Waals surface area contributed by atoms with Gasteiger partial charge in [-0.1, -0.05) is 29.8 Å². The second-order valence-corrected chi connectivity index (χ2v) is 7.66. The van der Waals surface area contributed by atoms with E-state index < -0.39 is 23.9 Å². The Morgan fingerprint density at radius 2 is 1.42 bits per heavy atom. The molecule has 0 saturated carbocycles. The number of alkyl halides is 6. The third-order valence-corrected chi connectivity index (χ3v) is 4.79. The van der Waals surface area contributed by atoms with Crippen LogP contribution in [0.25, 0.3) is 0 Å². The van der Waals surface area contributed by atoms with Gasteiger partial charge in [-0.15, -0.1) is 0 Å². The van der Waals surface area contributed by atoms with Crippen LogP contribution >= 0.6 is 11.6 Å². The van der Waals surface area contributed by atoms with Gasteiger partial charge in [-0.25, -0.2) is 4.98 Å². The summed E-state index contributed by atoms with van der Waals surface area (Å²) in [5, 5.41) is 10.4. The molecular formula is C22H16ClF6N5O2. The SMILES string of the molecule is Clc1cnc2nc1Nc1cccc(c1)NCCc1cccc(c1)N2.O=C(C(=O)C(F)(F)F)C(F)(F)F. The van der Waals surface area contributed by atoms with Gasteiger partial charge >= 0.3 is 23.9 Å². The van der Waals surface area contributed by atoms with Crippen LogP contribution in [-0.4, -0.2) is 40.4 Å². The van der Waals surface area contributed by atoms with Crippen LogP contribution in [0.2, 0.25) is 5.02 Å². The molecular weight excluding hydrogens is 516 g/mol. The van der Waals surface area contributed by atoms with E-state index >= 15 is 0 Å². The summed E-state index contributed by atoms with van der Waals surface area (Å²) in [4.78, 5) is 28.0. The van der Waals surface area contributed by atoms with Gasteiger partial charge in [0.2, 0.25) is 5.95 Å². The Labute approximate surface area is 204 Å². The van der Waals surface area contributed by atoms with Gasteiger partial charge in [-0.2, -0.15) is 31.3 Å². The Morgan fingerprint density at radius 1 is 0.833 bits per heavy atom. The lowest BCUT2D eigenvalue weighted by Crippen LogP contribution is -2.39. The van der Waals surface area contributed by atoms with Crippen molar-refractivity contribution in [2.24, 2.45) is 0 Å². The summed E-state index contributed by atoms with van der Waals surface area (Å²) in [6, 6.07) is 16.3. The first-order valence-electron chi connectivity index (χ1n) is 10.0. The maximum atomic E-state index is 11.2. The monoisotopic (exact) mass is 531 g/mol. The number of carbonyl (C=O) groups excluding carboxylic acids is 2. The minimum Gasteiger partial charge on any atom is -0.385 e. The van der Waals surface area contributed by atoms with E-state index in [1.54, 1.807) is 6.20 Å². The van der Waals surface area contributed by atoms with Crippen molar-refractivity contribution in [2.75, 3.05) is 22.5 Å². The van der Waals surface area contributed by atoms with Crippen LogP contribution in [0.3, 0.4) is 0 Å². The number of halogens is 7. The number of hydrogen-bond donors (Lipinski definition) is 3. The van der Waals surface area contributed by atoms with Crippen LogP contribution in [0.1, 0.15) is 5.56 Å². The van der Waals surface area contributed by atoms with E-state index in [0.717, 1.165) is 30.0 Å². The highest BCUT2D eigenvalue weighted by molar-refractivity contribution is 6.41. The van der Waals surface area contributed by atoms with Crippen LogP contribution in [0, 0.1) is 0 Å². The second-order valence-electron chi connectivity index (χ2n) is 7.25. The van der Waals surface area contributed by atoms with E-state index in [2.05, 4.69) is 38.1 Å². The Morgan fingerprint density at radius 3 is 2.06 bits per heavy atom. The summed E-state index contributed by atoms with van der Waals surface area (Å²) in [6.45, 7) is 0.857. The first kappa shape index (κ1) is 26.7. The minimum absolute atomic E-state index is 0.472. The third-order valence-electron chi connectivity index (χ3n) is 4.52. The van der Waals surface area contributed by atoms with E-state index in [0.29, 0.717) is 16.8 Å². The average Bonchev–Trinajstić information content (AvgIpc) is 2.80. The van der Waals surface area contributed by atoms with Crippen LogP contribution in [0.4, 0.5) is 55.2 Å². The average molecular weight is 532 g/mol. The number of nitrogens with one attached hydrogen (secondary N) is 3. The maximum absolute atomic E-state index is 11.2. The van der Waals surface area contributed by atoms with Gasteiger partial charge in [0.25, 0.3) is 0 Å². The number of fused-ring (bicyclic) bond motifs is 6. The number of carbonyl (C=O) groups is 2. The van der Waals surface area contributed by atoms with Crippen molar-refractivity contribution >= 4 is 52.0 Å². The highest BCUT2D eigenvalue weighted by Gasteiger charge is 2.54. The van der Waals surface area contributed by atoms with Gasteiger partial charge in [0.05, 0.1) is 6.20 Å². The van der Waals surface area contributed by atoms with Gasteiger partial charge < -0.3 is 16.0 Å². The number of nitrogens with zero attached hydrogens (tertiary/aromatic N) is 2. The first-order chi connectivity index (χ1) is 16.8. The molecule has 0 fully saturated rings. The minimum atomic E-state index is -5.77. The number of anilines is 5. The summed E-state index contributed by atoms with van der Waals surface area (Å²) in [5.74, 6) is -5.74. The highest BCUT2D eigenvalue weighted by Crippen LogP contribution is 2.27. The van der Waals surface area contributed by atoms with Crippen molar-refractivity contribution in [1.29, 1.82) is 0 Å². The van der Waals surface area contributed by atoms with Crippen LogP contribution in [0.5, 0.6) is 0 Å². The predicted molar refractivity (Wildman–Crippen MR) is 121 cm³/mol. The van der Waals surface area contributed by atoms with E-state index in [-0.39, 0.29) is 0 Å². The fourth-order valence-electron chi connectivity index (χ4n) is 2.90. The second kappa shape index (κ2) is 10.8. The van der Waals surface area contributed by atoms with Crippen LogP contribution in [-0.2, 0) is 16.0 Å². The molecule has 1 aromatic heterocycles. The van der Waals surface area contributed by atoms with Crippen molar-refractivity contribution < 1.29 is 35.9 Å². The van der Waals surface area contributed by atoms with Crippen molar-refractivity contribution in [3.8, 4) is 0 Å². The molecule has 1 aliphatic rings. The molecule has 190 valence electrons. The Bertz CT molecular complexity index is 1240. The van der Waals surface area contributed by atoms with Crippen molar-refractivity contribution in [1.82, 2.24) is 9.97 Å². The van der Waals surface area contributed by atoms with Gasteiger partial charge in [0.1, 0.15) is 5.02 Å². The van der Waals surface area contributed by atoms with Crippen LogP contribution < -0.4 is 16.0 Å². The maximum Gasteiger partial charge on any atom is 0.458 e. The summed E-state index contributed by atoms with van der Waals surface area (Å²) >= 11 is 6.23. The molecule has 0 saturated heterocycles. The molecule has 14 heteroatoms. The van der Waals surface area contributed by atoms with Gasteiger partial charge in [0, 0.05) is 23.6 Å². The molecule has 0 amide bonds. The highest BCUT2D eigenvalue weighted by atomic mass is 35.5. The molecule has 0 spiro atoms. The number of Topliss-reactive ketones (excluding diaryl/α,β-unsaturated/α-hetero) is 2. The fourth-order valence-corrected chi connectivity index (χ4v) is 3.04. The van der Waals surface area contributed by atoms with Crippen LogP contribution in [0.15, 0.2) is 54.7 Å². The quantitative estimate of drug-likeness (QED) is 0.268. The number of aromatic nitrogens is 2. The summed E-state index contributed by atoms with van der Waals surface area (Å²) < 4.78 is 67.0. The summed E-state index contributed by atoms with van der Waals surface area (Å²) in [7, 11) is 0. The molecule has 2 aromatic carbocycles. The zero-order chi connectivity index (χ0) is 26.5. The van der Waals surface area contributed by atoms with E-state index in [1.165, 1.54) is 5.56 Å². The normalized spacial score (nSPS) is 13.0. The number of benzene rings is 2.